The third kappa shape index (κ3) is 1.96. The van der Waals surface area contributed by atoms with Gasteiger partial charge >= 0.3 is 0 Å². The molecular formula is C14H22N4. The highest BCUT2D eigenvalue weighted by atomic mass is 15.1. The molecule has 2 rings (SSSR count). The highest BCUT2D eigenvalue weighted by molar-refractivity contribution is 5.88. The third-order valence-corrected chi connectivity index (χ3v) is 3.40. The molecule has 98 valence electrons. The van der Waals surface area contributed by atoms with Crippen LogP contribution in [0.4, 0.5) is 5.82 Å². The van der Waals surface area contributed by atoms with E-state index in [1.165, 1.54) is 11.1 Å². The number of hydrogen-bond donors (Lipinski definition) is 1. The number of nitrogens with two attached hydrogens (primary N) is 1. The molecule has 0 bridgehead atoms. The molecule has 0 saturated carbocycles. The van der Waals surface area contributed by atoms with Crippen LogP contribution in [0.1, 0.15) is 43.8 Å². The van der Waals surface area contributed by atoms with Crippen molar-refractivity contribution >= 4 is 16.9 Å². The molecular weight excluding hydrogens is 224 g/mol. The molecule has 0 spiro atoms. The summed E-state index contributed by atoms with van der Waals surface area (Å²) in [7, 11) is 0. The predicted molar refractivity (Wildman–Crippen MR) is 75.7 cm³/mol. The van der Waals surface area contributed by atoms with Crippen molar-refractivity contribution in [1.82, 2.24) is 14.5 Å². The molecule has 0 radical (unpaired) electrons. The van der Waals surface area contributed by atoms with Gasteiger partial charge in [0, 0.05) is 18.7 Å². The Morgan fingerprint density at radius 2 is 1.83 bits per heavy atom. The summed E-state index contributed by atoms with van der Waals surface area (Å²) >= 11 is 0. The zero-order chi connectivity index (χ0) is 13.3. The summed E-state index contributed by atoms with van der Waals surface area (Å²) in [6.07, 6.45) is 3.19. The van der Waals surface area contributed by atoms with E-state index < -0.39 is 0 Å². The van der Waals surface area contributed by atoms with Crippen LogP contribution in [0.5, 0.6) is 0 Å². The Morgan fingerprint density at radius 1 is 1.11 bits per heavy atom. The van der Waals surface area contributed by atoms with Crippen LogP contribution in [-0.2, 0) is 13.0 Å². The zero-order valence-corrected chi connectivity index (χ0v) is 11.7. The van der Waals surface area contributed by atoms with Gasteiger partial charge in [0.1, 0.15) is 11.3 Å². The fourth-order valence-corrected chi connectivity index (χ4v) is 2.43. The van der Waals surface area contributed by atoms with Crippen molar-refractivity contribution in [2.75, 3.05) is 5.73 Å². The van der Waals surface area contributed by atoms with Crippen LogP contribution in [-0.4, -0.2) is 14.5 Å². The standard InChI is InChI=1S/C14H22N4/c1-5-7-11-17-12-13(18(11)8-6-2)9(3)10(4)16-14(12)15/h5-8H2,1-4H3,(H2,15,16). The molecule has 0 aliphatic carbocycles. The minimum Gasteiger partial charge on any atom is -0.382 e. The fourth-order valence-electron chi connectivity index (χ4n) is 2.43. The van der Waals surface area contributed by atoms with Gasteiger partial charge < -0.3 is 10.3 Å². The molecule has 0 aliphatic heterocycles. The highest BCUT2D eigenvalue weighted by Gasteiger charge is 2.16. The molecule has 0 saturated heterocycles. The smallest absolute Gasteiger partial charge is 0.151 e. The predicted octanol–water partition coefficient (Wildman–Crippen LogP) is 2.99. The molecule has 2 N–H and O–H groups in total. The van der Waals surface area contributed by atoms with Gasteiger partial charge in [0.2, 0.25) is 0 Å². The first-order valence-electron chi connectivity index (χ1n) is 6.71. The second-order valence-corrected chi connectivity index (χ2v) is 4.83. The number of fused-ring (bicyclic) bond motifs is 1. The molecule has 4 nitrogen and oxygen atoms in total. The van der Waals surface area contributed by atoms with Gasteiger partial charge in [-0.2, -0.15) is 0 Å². The first-order chi connectivity index (χ1) is 8.60. The van der Waals surface area contributed by atoms with Crippen LogP contribution >= 0.6 is 0 Å². The maximum absolute atomic E-state index is 6.01. The summed E-state index contributed by atoms with van der Waals surface area (Å²) in [6, 6.07) is 0. The number of hydrogen-bond acceptors (Lipinski definition) is 3. The van der Waals surface area contributed by atoms with E-state index in [0.717, 1.165) is 42.8 Å². The lowest BCUT2D eigenvalue weighted by Gasteiger charge is -2.10. The maximum Gasteiger partial charge on any atom is 0.151 e. The zero-order valence-electron chi connectivity index (χ0n) is 11.7. The van der Waals surface area contributed by atoms with Gasteiger partial charge in [-0.3, -0.25) is 0 Å². The van der Waals surface area contributed by atoms with Crippen LogP contribution in [0.3, 0.4) is 0 Å². The van der Waals surface area contributed by atoms with Crippen LogP contribution in [0.2, 0.25) is 0 Å². The van der Waals surface area contributed by atoms with Gasteiger partial charge in [-0.05, 0) is 32.3 Å². The summed E-state index contributed by atoms with van der Waals surface area (Å²) in [5.41, 5.74) is 10.3. The van der Waals surface area contributed by atoms with Crippen molar-refractivity contribution in [3.8, 4) is 0 Å². The minimum atomic E-state index is 0.556. The maximum atomic E-state index is 6.01. The number of aromatic nitrogens is 3. The Bertz CT molecular complexity index is 569. The monoisotopic (exact) mass is 246 g/mol. The molecule has 18 heavy (non-hydrogen) atoms. The highest BCUT2D eigenvalue weighted by Crippen LogP contribution is 2.26. The average Bonchev–Trinajstić information content (AvgIpc) is 2.67. The van der Waals surface area contributed by atoms with Gasteiger partial charge in [-0.25, -0.2) is 9.97 Å². The topological polar surface area (TPSA) is 56.7 Å². The Kier molecular flexibility index (Phi) is 3.55. The second-order valence-electron chi connectivity index (χ2n) is 4.83. The normalized spacial score (nSPS) is 11.3. The Morgan fingerprint density at radius 3 is 2.44 bits per heavy atom. The Hall–Kier alpha value is -1.58. The van der Waals surface area contributed by atoms with Gasteiger partial charge in [-0.15, -0.1) is 0 Å². The molecule has 0 unspecified atom stereocenters. The van der Waals surface area contributed by atoms with E-state index in [1.807, 2.05) is 6.92 Å². The Labute approximate surface area is 108 Å². The van der Waals surface area contributed by atoms with Crippen LogP contribution in [0, 0.1) is 13.8 Å². The van der Waals surface area contributed by atoms with Crippen molar-refractivity contribution in [2.45, 2.75) is 53.5 Å². The summed E-state index contributed by atoms with van der Waals surface area (Å²) in [5, 5.41) is 0. The van der Waals surface area contributed by atoms with E-state index in [9.17, 15) is 0 Å². The van der Waals surface area contributed by atoms with Crippen molar-refractivity contribution in [3.63, 3.8) is 0 Å². The number of rotatable bonds is 4. The van der Waals surface area contributed by atoms with Crippen molar-refractivity contribution < 1.29 is 0 Å². The molecule has 0 aromatic carbocycles. The van der Waals surface area contributed by atoms with Gasteiger partial charge in [0.05, 0.1) is 5.52 Å². The second kappa shape index (κ2) is 4.96. The van der Waals surface area contributed by atoms with Crippen molar-refractivity contribution in [1.29, 1.82) is 0 Å². The lowest BCUT2D eigenvalue weighted by Crippen LogP contribution is -2.05. The van der Waals surface area contributed by atoms with E-state index in [2.05, 4.69) is 30.3 Å². The van der Waals surface area contributed by atoms with Crippen LogP contribution in [0.25, 0.3) is 11.0 Å². The van der Waals surface area contributed by atoms with Crippen molar-refractivity contribution in [3.05, 3.63) is 17.1 Å². The van der Waals surface area contributed by atoms with Crippen LogP contribution < -0.4 is 5.73 Å². The molecule has 0 atom stereocenters. The van der Waals surface area contributed by atoms with E-state index in [0.29, 0.717) is 5.82 Å². The minimum absolute atomic E-state index is 0.556. The van der Waals surface area contributed by atoms with Gasteiger partial charge in [0.15, 0.2) is 5.82 Å². The molecule has 0 aliphatic rings. The summed E-state index contributed by atoms with van der Waals surface area (Å²) in [6.45, 7) is 9.47. The molecule has 4 heteroatoms. The number of anilines is 1. The number of nitrogens with zero attached hydrogens (tertiary/aromatic N) is 3. The first-order valence-corrected chi connectivity index (χ1v) is 6.71. The molecule has 2 aromatic heterocycles. The third-order valence-electron chi connectivity index (χ3n) is 3.40. The SMILES string of the molecule is CCCc1nc2c(N)nc(C)c(C)c2n1CCC. The summed E-state index contributed by atoms with van der Waals surface area (Å²) in [4.78, 5) is 9.08. The molecule has 0 amide bonds. The number of nitrogen functional groups attached to an aromatic ring is 1. The van der Waals surface area contributed by atoms with E-state index in [1.54, 1.807) is 0 Å². The molecule has 2 heterocycles. The summed E-state index contributed by atoms with van der Waals surface area (Å²) < 4.78 is 2.32. The van der Waals surface area contributed by atoms with Crippen LogP contribution in [0.15, 0.2) is 0 Å². The van der Waals surface area contributed by atoms with E-state index in [-0.39, 0.29) is 0 Å². The van der Waals surface area contributed by atoms with Gasteiger partial charge in [0.25, 0.3) is 0 Å². The largest absolute Gasteiger partial charge is 0.382 e. The average molecular weight is 246 g/mol. The van der Waals surface area contributed by atoms with Crippen molar-refractivity contribution in [2.24, 2.45) is 0 Å². The number of aryl methyl sites for hydroxylation is 4. The summed E-state index contributed by atoms with van der Waals surface area (Å²) in [5.74, 6) is 1.69. The number of imidazole rings is 1. The first kappa shape index (κ1) is 12.9. The lowest BCUT2D eigenvalue weighted by atomic mass is 10.2. The number of pyridine rings is 1. The van der Waals surface area contributed by atoms with E-state index in [4.69, 9.17) is 10.7 Å². The molecule has 2 aromatic rings. The Balaban J connectivity index is 2.76. The quantitative estimate of drug-likeness (QED) is 0.902. The van der Waals surface area contributed by atoms with Gasteiger partial charge in [-0.1, -0.05) is 13.8 Å². The van der Waals surface area contributed by atoms with E-state index >= 15 is 0 Å². The fraction of sp³-hybridized carbons (Fsp3) is 0.571. The molecule has 0 fully saturated rings. The lowest BCUT2D eigenvalue weighted by molar-refractivity contribution is 0.645.